The normalized spacial score (nSPS) is 12.6. The molecule has 284 valence electrons. The maximum absolute atomic E-state index is 13.3. The van der Waals surface area contributed by atoms with Gasteiger partial charge in [0.2, 0.25) is 0 Å². The first kappa shape index (κ1) is 41.8. The van der Waals surface area contributed by atoms with Crippen molar-refractivity contribution in [2.75, 3.05) is 6.61 Å². The third-order valence-corrected chi connectivity index (χ3v) is 7.93. The quantitative estimate of drug-likeness (QED) is 0.0493. The van der Waals surface area contributed by atoms with Crippen molar-refractivity contribution in [2.24, 2.45) is 0 Å². The number of esters is 3. The average molecular weight is 743 g/mol. The molecule has 0 aromatic heterocycles. The predicted octanol–water partition coefficient (Wildman–Crippen LogP) is 10.8. The molecule has 0 heterocycles. The summed E-state index contributed by atoms with van der Waals surface area (Å²) in [5, 5.41) is 0. The lowest BCUT2D eigenvalue weighted by atomic mass is 10.0. The zero-order chi connectivity index (χ0) is 38.4. The number of alkyl halides is 7. The van der Waals surface area contributed by atoms with Crippen molar-refractivity contribution < 1.29 is 64.1 Å². The fourth-order valence-electron chi connectivity index (χ4n) is 4.86. The molecule has 0 aliphatic carbocycles. The summed E-state index contributed by atoms with van der Waals surface area (Å²) in [5.41, 5.74) is 0.697. The number of carbonyl (C=O) groups excluding carboxylic acids is 3. The Labute approximate surface area is 297 Å². The minimum Gasteiger partial charge on any atom is -0.494 e. The monoisotopic (exact) mass is 742 g/mol. The SMILES string of the molecule is CCCCCCC(C)OC(=O)c1ccc(OC(=O)c2ccc(OC(=O)c3ccc(OCCCCCCC(F)(F)C(F)(F)C(F)(F)F)cc3)cc2)cc1. The summed E-state index contributed by atoms with van der Waals surface area (Å²) in [6.45, 7) is 4.10. The maximum Gasteiger partial charge on any atom is 0.459 e. The van der Waals surface area contributed by atoms with Crippen LogP contribution in [0.2, 0.25) is 0 Å². The van der Waals surface area contributed by atoms with Crippen LogP contribution in [0.5, 0.6) is 17.2 Å². The summed E-state index contributed by atoms with van der Waals surface area (Å²) in [7, 11) is 0. The van der Waals surface area contributed by atoms with Gasteiger partial charge in [-0.25, -0.2) is 14.4 Å². The highest BCUT2D eigenvalue weighted by molar-refractivity contribution is 5.93. The third kappa shape index (κ3) is 12.6. The number of hydrogen-bond acceptors (Lipinski definition) is 7. The van der Waals surface area contributed by atoms with Gasteiger partial charge in [-0.3, -0.25) is 0 Å². The summed E-state index contributed by atoms with van der Waals surface area (Å²) in [6.07, 6.45) is -2.92. The fourth-order valence-corrected chi connectivity index (χ4v) is 4.86. The molecule has 7 nitrogen and oxygen atoms in total. The number of ether oxygens (including phenoxy) is 4. The van der Waals surface area contributed by atoms with E-state index in [9.17, 15) is 45.1 Å². The van der Waals surface area contributed by atoms with E-state index in [1.807, 2.05) is 6.92 Å². The predicted molar refractivity (Wildman–Crippen MR) is 177 cm³/mol. The first-order chi connectivity index (χ1) is 24.5. The number of hydrogen-bond donors (Lipinski definition) is 0. The lowest BCUT2D eigenvalue weighted by molar-refractivity contribution is -0.355. The van der Waals surface area contributed by atoms with Crippen LogP contribution in [0.3, 0.4) is 0 Å². The van der Waals surface area contributed by atoms with Crippen molar-refractivity contribution in [3.8, 4) is 17.2 Å². The lowest BCUT2D eigenvalue weighted by Gasteiger charge is -2.28. The molecular weight excluding hydrogens is 701 g/mol. The molecule has 3 aromatic carbocycles. The summed E-state index contributed by atoms with van der Waals surface area (Å²) in [6, 6.07) is 17.5. The van der Waals surface area contributed by atoms with E-state index in [0.29, 0.717) is 17.7 Å². The Balaban J connectivity index is 1.38. The van der Waals surface area contributed by atoms with Crippen molar-refractivity contribution in [3.63, 3.8) is 0 Å². The molecule has 1 unspecified atom stereocenters. The largest absolute Gasteiger partial charge is 0.494 e. The van der Waals surface area contributed by atoms with Crippen LogP contribution in [-0.4, -0.2) is 48.6 Å². The molecule has 0 bridgehead atoms. The standard InChI is InChI=1S/C38H41F7O7/c1-3-4-5-8-11-26(2)50-33(46)27-14-20-31(21-15-27)52-35(48)29-16-22-32(23-17-29)51-34(47)28-12-18-30(19-13-28)49-25-10-7-6-9-24-36(39,40)37(41,42)38(43,44)45/h12-23,26H,3-11,24-25H2,1-2H3. The molecule has 0 saturated carbocycles. The number of halogens is 7. The molecule has 0 fully saturated rings. The van der Waals surface area contributed by atoms with Gasteiger partial charge < -0.3 is 18.9 Å². The van der Waals surface area contributed by atoms with Gasteiger partial charge in [0.25, 0.3) is 0 Å². The number of benzene rings is 3. The first-order valence-corrected chi connectivity index (χ1v) is 16.9. The summed E-state index contributed by atoms with van der Waals surface area (Å²) in [5.74, 6) is -12.4. The van der Waals surface area contributed by atoms with Crippen LogP contribution in [0.4, 0.5) is 30.7 Å². The van der Waals surface area contributed by atoms with Crippen LogP contribution < -0.4 is 14.2 Å². The average Bonchev–Trinajstić information content (AvgIpc) is 3.10. The third-order valence-electron chi connectivity index (χ3n) is 7.93. The summed E-state index contributed by atoms with van der Waals surface area (Å²) >= 11 is 0. The van der Waals surface area contributed by atoms with Gasteiger partial charge >= 0.3 is 35.9 Å². The highest BCUT2D eigenvalue weighted by Crippen LogP contribution is 2.48. The van der Waals surface area contributed by atoms with E-state index in [0.717, 1.165) is 32.1 Å². The van der Waals surface area contributed by atoms with Gasteiger partial charge in [-0.2, -0.15) is 30.7 Å². The van der Waals surface area contributed by atoms with E-state index in [-0.39, 0.29) is 48.2 Å². The summed E-state index contributed by atoms with van der Waals surface area (Å²) in [4.78, 5) is 37.6. The Kier molecular flexibility index (Phi) is 15.5. The zero-order valence-corrected chi connectivity index (χ0v) is 28.8. The highest BCUT2D eigenvalue weighted by atomic mass is 19.4. The molecule has 0 N–H and O–H groups in total. The molecular formula is C38H41F7O7. The van der Waals surface area contributed by atoms with Crippen molar-refractivity contribution >= 4 is 17.9 Å². The minimum atomic E-state index is -6.33. The Morgan fingerprint density at radius 1 is 0.577 bits per heavy atom. The first-order valence-electron chi connectivity index (χ1n) is 16.9. The molecule has 14 heteroatoms. The van der Waals surface area contributed by atoms with Gasteiger partial charge in [-0.1, -0.05) is 39.0 Å². The number of carbonyl (C=O) groups is 3. The van der Waals surface area contributed by atoms with E-state index in [1.165, 1.54) is 72.8 Å². The van der Waals surface area contributed by atoms with Crippen LogP contribution in [0, 0.1) is 0 Å². The maximum atomic E-state index is 13.3. The molecule has 0 amide bonds. The molecule has 1 atom stereocenters. The molecule has 0 aliphatic rings. The Morgan fingerprint density at radius 2 is 1.02 bits per heavy atom. The fraction of sp³-hybridized carbons (Fsp3) is 0.447. The Hall–Kier alpha value is -4.62. The van der Waals surface area contributed by atoms with Crippen LogP contribution in [0.15, 0.2) is 72.8 Å². The lowest BCUT2D eigenvalue weighted by Crippen LogP contribution is -2.51. The molecule has 3 aromatic rings. The minimum absolute atomic E-state index is 0.00586. The number of unbranched alkanes of at least 4 members (excludes halogenated alkanes) is 6. The van der Waals surface area contributed by atoms with E-state index in [2.05, 4.69) is 6.92 Å². The summed E-state index contributed by atoms with van der Waals surface area (Å²) < 4.78 is 111. The van der Waals surface area contributed by atoms with Gasteiger partial charge in [0.05, 0.1) is 29.4 Å². The van der Waals surface area contributed by atoms with Crippen LogP contribution in [0.1, 0.15) is 109 Å². The smallest absolute Gasteiger partial charge is 0.459 e. The van der Waals surface area contributed by atoms with Gasteiger partial charge in [0.1, 0.15) is 17.2 Å². The van der Waals surface area contributed by atoms with E-state index >= 15 is 0 Å². The second-order valence-electron chi connectivity index (χ2n) is 12.2. The van der Waals surface area contributed by atoms with Crippen LogP contribution in [-0.2, 0) is 4.74 Å². The van der Waals surface area contributed by atoms with Gasteiger partial charge in [-0.05, 0) is 105 Å². The molecule has 3 rings (SSSR count). The van der Waals surface area contributed by atoms with E-state index in [4.69, 9.17) is 18.9 Å². The van der Waals surface area contributed by atoms with Gasteiger partial charge in [0.15, 0.2) is 0 Å². The zero-order valence-electron chi connectivity index (χ0n) is 28.8. The van der Waals surface area contributed by atoms with E-state index < -0.39 is 48.8 Å². The molecule has 52 heavy (non-hydrogen) atoms. The second-order valence-corrected chi connectivity index (χ2v) is 12.2. The highest BCUT2D eigenvalue weighted by Gasteiger charge is 2.72. The van der Waals surface area contributed by atoms with Crippen molar-refractivity contribution in [1.82, 2.24) is 0 Å². The Morgan fingerprint density at radius 3 is 1.50 bits per heavy atom. The topological polar surface area (TPSA) is 88.1 Å². The van der Waals surface area contributed by atoms with E-state index in [1.54, 1.807) is 0 Å². The molecule has 0 saturated heterocycles. The molecule has 0 spiro atoms. The molecule has 0 aliphatic heterocycles. The Bertz CT molecular complexity index is 1570. The molecule has 0 radical (unpaired) electrons. The second kappa shape index (κ2) is 19.3. The van der Waals surface area contributed by atoms with Gasteiger partial charge in [0, 0.05) is 6.42 Å². The van der Waals surface area contributed by atoms with Crippen LogP contribution in [0.25, 0.3) is 0 Å². The number of rotatable bonds is 20. The van der Waals surface area contributed by atoms with Crippen molar-refractivity contribution in [2.45, 2.75) is 102 Å². The van der Waals surface area contributed by atoms with Crippen molar-refractivity contribution in [1.29, 1.82) is 0 Å². The van der Waals surface area contributed by atoms with Crippen LogP contribution >= 0.6 is 0 Å². The van der Waals surface area contributed by atoms with Gasteiger partial charge in [-0.15, -0.1) is 0 Å². The van der Waals surface area contributed by atoms with Crippen molar-refractivity contribution in [3.05, 3.63) is 89.5 Å².